The summed E-state index contributed by atoms with van der Waals surface area (Å²) in [5.41, 5.74) is -3.35. The number of alkyl halides is 3. The Labute approximate surface area is 189 Å². The third kappa shape index (κ3) is 4.28. The number of aromatic amines is 1. The summed E-state index contributed by atoms with van der Waals surface area (Å²) in [6, 6.07) is 8.31. The summed E-state index contributed by atoms with van der Waals surface area (Å²) in [6.07, 6.45) is -4.25. The summed E-state index contributed by atoms with van der Waals surface area (Å²) in [7, 11) is 0. The Morgan fingerprint density at radius 2 is 1.79 bits per heavy atom. The number of nitrogens with one attached hydrogen (secondary N) is 2. The molecule has 0 aliphatic heterocycles. The highest BCUT2D eigenvalue weighted by Gasteiger charge is 2.40. The van der Waals surface area contributed by atoms with Crippen molar-refractivity contribution < 1.29 is 26.7 Å². The van der Waals surface area contributed by atoms with Gasteiger partial charge in [0.05, 0.1) is 11.6 Å². The summed E-state index contributed by atoms with van der Waals surface area (Å²) in [5, 5.41) is 6.39. The van der Waals surface area contributed by atoms with E-state index in [1.807, 2.05) is 0 Å². The van der Waals surface area contributed by atoms with Gasteiger partial charge in [0.2, 0.25) is 0 Å². The van der Waals surface area contributed by atoms with Gasteiger partial charge in [0, 0.05) is 11.8 Å². The first-order chi connectivity index (χ1) is 16.0. The molecule has 2 N–H and O–H groups in total. The van der Waals surface area contributed by atoms with E-state index < -0.39 is 52.0 Å². The van der Waals surface area contributed by atoms with E-state index in [4.69, 9.17) is 0 Å². The van der Waals surface area contributed by atoms with Crippen LogP contribution in [0.5, 0.6) is 0 Å². The highest BCUT2D eigenvalue weighted by atomic mass is 19.4. The molecule has 2 heterocycles. The van der Waals surface area contributed by atoms with Gasteiger partial charge in [-0.2, -0.15) is 13.2 Å². The number of fused-ring (bicyclic) bond motifs is 1. The number of rotatable bonds is 4. The number of hydrogen-bond acceptors (Lipinski definition) is 3. The Morgan fingerprint density at radius 1 is 1.12 bits per heavy atom. The van der Waals surface area contributed by atoms with Crippen molar-refractivity contribution in [3.05, 3.63) is 92.9 Å². The molecule has 0 spiro atoms. The lowest BCUT2D eigenvalue weighted by molar-refractivity contribution is -0.136. The zero-order valence-electron chi connectivity index (χ0n) is 17.8. The van der Waals surface area contributed by atoms with Gasteiger partial charge in [-0.05, 0) is 43.2 Å². The minimum Gasteiger partial charge on any atom is -0.345 e. The number of aromatic nitrogens is 3. The monoisotopic (exact) mass is 476 g/mol. The van der Waals surface area contributed by atoms with Gasteiger partial charge >= 0.3 is 6.18 Å². The van der Waals surface area contributed by atoms with Crippen molar-refractivity contribution in [1.82, 2.24) is 19.9 Å². The third-order valence-electron chi connectivity index (χ3n) is 5.33. The van der Waals surface area contributed by atoms with Crippen LogP contribution in [0.2, 0.25) is 0 Å². The molecule has 11 heteroatoms. The van der Waals surface area contributed by atoms with Crippen LogP contribution in [0.15, 0.2) is 53.5 Å². The average Bonchev–Trinajstić information content (AvgIpc) is 3.17. The second kappa shape index (κ2) is 8.40. The number of halogens is 5. The summed E-state index contributed by atoms with van der Waals surface area (Å²) in [5.74, 6) is -2.36. The summed E-state index contributed by atoms with van der Waals surface area (Å²) in [6.45, 7) is 3.04. The van der Waals surface area contributed by atoms with Crippen molar-refractivity contribution in [3.8, 4) is 11.4 Å². The molecule has 0 saturated heterocycles. The third-order valence-corrected chi connectivity index (χ3v) is 5.33. The molecule has 34 heavy (non-hydrogen) atoms. The largest absolute Gasteiger partial charge is 0.419 e. The van der Waals surface area contributed by atoms with Crippen LogP contribution in [-0.2, 0) is 6.18 Å². The number of amides is 1. The maximum atomic E-state index is 13.9. The number of benzene rings is 2. The number of carbonyl (C=O) groups is 1. The van der Waals surface area contributed by atoms with E-state index in [2.05, 4.69) is 15.4 Å². The fourth-order valence-corrected chi connectivity index (χ4v) is 3.53. The lowest BCUT2D eigenvalue weighted by atomic mass is 10.1. The lowest BCUT2D eigenvalue weighted by Gasteiger charge is -2.15. The molecule has 0 unspecified atom stereocenters. The molecule has 0 saturated carbocycles. The van der Waals surface area contributed by atoms with E-state index in [1.54, 1.807) is 0 Å². The fraction of sp³-hybridized carbons (Fsp3) is 0.174. The first-order valence-electron chi connectivity index (χ1n) is 10.0. The van der Waals surface area contributed by atoms with Gasteiger partial charge in [0.25, 0.3) is 11.5 Å². The van der Waals surface area contributed by atoms with Crippen LogP contribution in [-0.4, -0.2) is 20.5 Å². The predicted molar refractivity (Wildman–Crippen MR) is 113 cm³/mol. The smallest absolute Gasteiger partial charge is 0.345 e. The fourth-order valence-electron chi connectivity index (χ4n) is 3.53. The van der Waals surface area contributed by atoms with Gasteiger partial charge in [0.15, 0.2) is 5.82 Å². The van der Waals surface area contributed by atoms with Crippen LogP contribution in [0.25, 0.3) is 16.9 Å². The van der Waals surface area contributed by atoms with Crippen LogP contribution in [0, 0.1) is 18.6 Å². The summed E-state index contributed by atoms with van der Waals surface area (Å²) >= 11 is 0. The molecule has 1 atom stereocenters. The highest BCUT2D eigenvalue weighted by molar-refractivity contribution is 5.98. The molecule has 4 rings (SSSR count). The van der Waals surface area contributed by atoms with E-state index >= 15 is 0 Å². The molecule has 0 radical (unpaired) electrons. The molecular formula is C23H17F5N4O2. The Balaban J connectivity index is 1.80. The van der Waals surface area contributed by atoms with Crippen molar-refractivity contribution in [3.63, 3.8) is 0 Å². The predicted octanol–water partition coefficient (Wildman–Crippen LogP) is 4.79. The number of hydrogen-bond donors (Lipinski definition) is 2. The molecule has 2 aromatic heterocycles. The topological polar surface area (TPSA) is 79.3 Å². The molecule has 2 aromatic carbocycles. The van der Waals surface area contributed by atoms with E-state index in [1.165, 1.54) is 38.1 Å². The van der Waals surface area contributed by atoms with Gasteiger partial charge in [-0.15, -0.1) is 5.10 Å². The van der Waals surface area contributed by atoms with Crippen molar-refractivity contribution in [2.24, 2.45) is 0 Å². The van der Waals surface area contributed by atoms with Crippen LogP contribution in [0.1, 0.15) is 40.0 Å². The van der Waals surface area contributed by atoms with Crippen molar-refractivity contribution >= 4 is 11.4 Å². The summed E-state index contributed by atoms with van der Waals surface area (Å²) < 4.78 is 69.5. The Hall–Kier alpha value is -4.02. The molecule has 0 aliphatic rings. The lowest BCUT2D eigenvalue weighted by Crippen LogP contribution is -2.28. The van der Waals surface area contributed by atoms with E-state index in [0.717, 1.165) is 24.4 Å². The number of H-pyrrole nitrogens is 1. The van der Waals surface area contributed by atoms with Crippen LogP contribution >= 0.6 is 0 Å². The maximum absolute atomic E-state index is 13.9. The van der Waals surface area contributed by atoms with Gasteiger partial charge in [-0.3, -0.25) is 9.59 Å². The summed E-state index contributed by atoms with van der Waals surface area (Å²) in [4.78, 5) is 27.6. The van der Waals surface area contributed by atoms with E-state index in [0.29, 0.717) is 15.6 Å². The van der Waals surface area contributed by atoms with Gasteiger partial charge in [-0.25, -0.2) is 13.3 Å². The van der Waals surface area contributed by atoms with Gasteiger partial charge < -0.3 is 10.3 Å². The van der Waals surface area contributed by atoms with E-state index in [9.17, 15) is 31.5 Å². The second-order valence-corrected chi connectivity index (χ2v) is 7.72. The Kier molecular flexibility index (Phi) is 5.72. The average molecular weight is 476 g/mol. The first kappa shape index (κ1) is 23.1. The number of aryl methyl sites for hydroxylation is 1. The zero-order chi connectivity index (χ0) is 24.8. The minimum atomic E-state index is -5.05. The van der Waals surface area contributed by atoms with Crippen molar-refractivity contribution in [1.29, 1.82) is 0 Å². The molecule has 0 aliphatic carbocycles. The van der Waals surface area contributed by atoms with Crippen LogP contribution in [0.3, 0.4) is 0 Å². The molecular weight excluding hydrogens is 459 g/mol. The molecule has 176 valence electrons. The van der Waals surface area contributed by atoms with Crippen LogP contribution in [0.4, 0.5) is 22.0 Å². The van der Waals surface area contributed by atoms with Crippen molar-refractivity contribution in [2.45, 2.75) is 26.1 Å². The Morgan fingerprint density at radius 3 is 2.41 bits per heavy atom. The van der Waals surface area contributed by atoms with Gasteiger partial charge in [-0.1, -0.05) is 24.3 Å². The molecule has 6 nitrogen and oxygen atoms in total. The maximum Gasteiger partial charge on any atom is 0.419 e. The SMILES string of the molecule is Cc1ccc(-c2nn3cc(C(=O)N[C@H](C)c4ccc(F)cc4)c(C(F)(F)F)c3c(=O)[nH]2)cc1F. The standard InChI is InChI=1S/C23H17F5N4O2/c1-11-3-4-14(9-17(11)25)20-30-22(34)19-18(23(26,27)28)16(10-32(19)31-20)21(33)29-12(2)13-5-7-15(24)8-6-13/h3-10,12H,1-2H3,(H,29,33)(H,30,31,34)/t12-/m1/s1. The Bertz CT molecular complexity index is 1460. The second-order valence-electron chi connectivity index (χ2n) is 7.72. The molecule has 0 bridgehead atoms. The molecule has 1 amide bonds. The minimum absolute atomic E-state index is 0.139. The van der Waals surface area contributed by atoms with Crippen LogP contribution < -0.4 is 10.9 Å². The van der Waals surface area contributed by atoms with Gasteiger partial charge in [0.1, 0.15) is 22.7 Å². The zero-order valence-corrected chi connectivity index (χ0v) is 17.8. The molecule has 0 fully saturated rings. The number of nitrogens with zero attached hydrogens (tertiary/aromatic N) is 2. The van der Waals surface area contributed by atoms with E-state index in [-0.39, 0.29) is 11.4 Å². The normalized spacial score (nSPS) is 12.7. The number of carbonyl (C=O) groups excluding carboxylic acids is 1. The highest BCUT2D eigenvalue weighted by Crippen LogP contribution is 2.35. The van der Waals surface area contributed by atoms with Crippen molar-refractivity contribution in [2.75, 3.05) is 0 Å². The first-order valence-corrected chi connectivity index (χ1v) is 10.0. The quantitative estimate of drug-likeness (QED) is 0.416. The molecule has 4 aromatic rings.